The van der Waals surface area contributed by atoms with E-state index < -0.39 is 33.6 Å². The fraction of sp³-hybridized carbons (Fsp3) is 0.125. The summed E-state index contributed by atoms with van der Waals surface area (Å²) in [5, 5.41) is 8.53. The molecule has 0 saturated heterocycles. The molecule has 2 nitrogen and oxygen atoms in total. The van der Waals surface area contributed by atoms with E-state index >= 15 is 0 Å². The Kier molecular flexibility index (Phi) is 3.03. The van der Waals surface area contributed by atoms with Crippen molar-refractivity contribution in [3.05, 3.63) is 33.5 Å². The van der Waals surface area contributed by atoms with Gasteiger partial charge in [0.2, 0.25) is 0 Å². The fourth-order valence-corrected chi connectivity index (χ4v) is 1.69. The lowest BCUT2D eigenvalue weighted by atomic mass is 10.1. The van der Waals surface area contributed by atoms with Crippen LogP contribution < -0.4 is 0 Å². The van der Waals surface area contributed by atoms with E-state index in [1.165, 1.54) is 0 Å². The summed E-state index contributed by atoms with van der Waals surface area (Å²) in [5.41, 5.74) is -2.24. The zero-order chi connectivity index (χ0) is 11.8. The molecule has 1 aromatic rings. The number of carboxylic acid groups (broad SMARTS) is 1. The number of rotatable bonds is 1. The van der Waals surface area contributed by atoms with Gasteiger partial charge in [0.05, 0.1) is 5.56 Å². The first-order valence-corrected chi connectivity index (χ1v) is 4.33. The van der Waals surface area contributed by atoms with Crippen LogP contribution in [0.5, 0.6) is 0 Å². The number of carbonyl (C=O) groups is 1. The second kappa shape index (κ2) is 3.80. The highest BCUT2D eigenvalue weighted by Crippen LogP contribution is 2.38. The van der Waals surface area contributed by atoms with Gasteiger partial charge < -0.3 is 5.11 Å². The van der Waals surface area contributed by atoms with E-state index in [9.17, 15) is 22.4 Å². The topological polar surface area (TPSA) is 37.3 Å². The normalized spacial score (nSPS) is 11.5. The van der Waals surface area contributed by atoms with Gasteiger partial charge in [-0.05, 0) is 28.1 Å². The molecule has 0 spiro atoms. The summed E-state index contributed by atoms with van der Waals surface area (Å²) in [4.78, 5) is 10.5. The molecule has 1 N–H and O–H groups in total. The first-order valence-electron chi connectivity index (χ1n) is 3.53. The van der Waals surface area contributed by atoms with Crippen molar-refractivity contribution in [3.8, 4) is 0 Å². The van der Waals surface area contributed by atoms with Crippen LogP contribution in [0.25, 0.3) is 0 Å². The van der Waals surface area contributed by atoms with Gasteiger partial charge in [-0.25, -0.2) is 9.18 Å². The van der Waals surface area contributed by atoms with Gasteiger partial charge in [-0.2, -0.15) is 13.2 Å². The van der Waals surface area contributed by atoms with Crippen molar-refractivity contribution in [3.63, 3.8) is 0 Å². The summed E-state index contributed by atoms with van der Waals surface area (Å²) >= 11 is 2.43. The molecular weight excluding hydrogens is 284 g/mol. The van der Waals surface area contributed by atoms with E-state index in [0.29, 0.717) is 6.07 Å². The van der Waals surface area contributed by atoms with Gasteiger partial charge in [0.25, 0.3) is 0 Å². The smallest absolute Gasteiger partial charge is 0.420 e. The van der Waals surface area contributed by atoms with Gasteiger partial charge in [0.1, 0.15) is 11.4 Å². The lowest BCUT2D eigenvalue weighted by Gasteiger charge is -2.11. The summed E-state index contributed by atoms with van der Waals surface area (Å²) in [6.07, 6.45) is -4.94. The summed E-state index contributed by atoms with van der Waals surface area (Å²) in [5.74, 6) is -3.08. The molecular formula is C8H3BrF4O2. The molecule has 7 heteroatoms. The van der Waals surface area contributed by atoms with Crippen LogP contribution in [0.2, 0.25) is 0 Å². The number of alkyl halides is 3. The highest BCUT2D eigenvalue weighted by molar-refractivity contribution is 9.10. The highest BCUT2D eigenvalue weighted by atomic mass is 79.9. The maximum absolute atomic E-state index is 12.8. The molecule has 15 heavy (non-hydrogen) atoms. The molecule has 0 aliphatic rings. The third kappa shape index (κ3) is 2.28. The zero-order valence-electron chi connectivity index (χ0n) is 6.90. The standard InChI is InChI=1S/C8H3BrF4O2/c9-6-3(7(14)15)1-2-4(10)5(6)8(11,12)13/h1-2H,(H,14,15). The molecule has 0 aliphatic heterocycles. The van der Waals surface area contributed by atoms with Crippen molar-refractivity contribution in [1.82, 2.24) is 0 Å². The Bertz CT molecular complexity index is 414. The number of hydrogen-bond acceptors (Lipinski definition) is 1. The molecule has 0 unspecified atom stereocenters. The van der Waals surface area contributed by atoms with E-state index in [-0.39, 0.29) is 0 Å². The number of carboxylic acids is 1. The van der Waals surface area contributed by atoms with Crippen LogP contribution in [0.4, 0.5) is 17.6 Å². The molecule has 0 aliphatic carbocycles. The Balaban J connectivity index is 3.51. The van der Waals surface area contributed by atoms with E-state index in [0.717, 1.165) is 6.07 Å². The molecule has 0 fully saturated rings. The monoisotopic (exact) mass is 286 g/mol. The lowest BCUT2D eigenvalue weighted by Crippen LogP contribution is -2.12. The third-order valence-electron chi connectivity index (χ3n) is 1.60. The van der Waals surface area contributed by atoms with Crippen LogP contribution >= 0.6 is 15.9 Å². The average Bonchev–Trinajstić information content (AvgIpc) is 2.00. The number of aromatic carboxylic acids is 1. The van der Waals surface area contributed by atoms with Gasteiger partial charge in [0.15, 0.2) is 0 Å². The zero-order valence-corrected chi connectivity index (χ0v) is 8.49. The maximum Gasteiger partial charge on any atom is 0.420 e. The molecule has 0 aromatic heterocycles. The second-order valence-electron chi connectivity index (χ2n) is 2.59. The number of hydrogen-bond donors (Lipinski definition) is 1. The minimum absolute atomic E-state index is 0.469. The van der Waals surface area contributed by atoms with Crippen LogP contribution in [0, 0.1) is 5.82 Å². The molecule has 0 atom stereocenters. The molecule has 1 rings (SSSR count). The van der Waals surface area contributed by atoms with Crippen LogP contribution in [0.3, 0.4) is 0 Å². The Morgan fingerprint density at radius 3 is 2.27 bits per heavy atom. The van der Waals surface area contributed by atoms with E-state index in [2.05, 4.69) is 15.9 Å². The predicted molar refractivity (Wildman–Crippen MR) is 46.1 cm³/mol. The minimum Gasteiger partial charge on any atom is -0.478 e. The molecule has 0 saturated carbocycles. The first-order chi connectivity index (χ1) is 6.75. The third-order valence-corrected chi connectivity index (χ3v) is 2.43. The summed E-state index contributed by atoms with van der Waals surface area (Å²) in [6, 6.07) is 1.23. The van der Waals surface area contributed by atoms with Crippen LogP contribution in [-0.2, 0) is 6.18 Å². The van der Waals surface area contributed by atoms with Crippen molar-refractivity contribution >= 4 is 21.9 Å². The van der Waals surface area contributed by atoms with Crippen LogP contribution in [0.1, 0.15) is 15.9 Å². The summed E-state index contributed by atoms with van der Waals surface area (Å²) in [7, 11) is 0. The van der Waals surface area contributed by atoms with E-state index in [1.54, 1.807) is 0 Å². The maximum atomic E-state index is 12.8. The van der Waals surface area contributed by atoms with Gasteiger partial charge in [-0.3, -0.25) is 0 Å². The molecule has 0 amide bonds. The molecule has 0 heterocycles. The van der Waals surface area contributed by atoms with Crippen molar-refractivity contribution in [1.29, 1.82) is 0 Å². The first kappa shape index (κ1) is 12.0. The Hall–Kier alpha value is -1.11. The molecule has 1 aromatic carbocycles. The highest BCUT2D eigenvalue weighted by Gasteiger charge is 2.38. The largest absolute Gasteiger partial charge is 0.478 e. The summed E-state index contributed by atoms with van der Waals surface area (Å²) < 4.78 is 48.9. The van der Waals surface area contributed by atoms with Crippen molar-refractivity contribution < 1.29 is 27.5 Å². The Morgan fingerprint density at radius 1 is 1.33 bits per heavy atom. The molecule has 0 radical (unpaired) electrons. The van der Waals surface area contributed by atoms with Crippen molar-refractivity contribution in [2.45, 2.75) is 6.18 Å². The van der Waals surface area contributed by atoms with Crippen LogP contribution in [-0.4, -0.2) is 11.1 Å². The number of halogens is 5. The summed E-state index contributed by atoms with van der Waals surface area (Å²) in [6.45, 7) is 0. The van der Waals surface area contributed by atoms with Gasteiger partial charge in [-0.15, -0.1) is 0 Å². The molecule has 82 valence electrons. The van der Waals surface area contributed by atoms with Gasteiger partial charge in [0, 0.05) is 4.47 Å². The Labute approximate surface area is 89.6 Å². The SMILES string of the molecule is O=C(O)c1ccc(F)c(C(F)(F)F)c1Br. The number of benzene rings is 1. The molecule has 0 bridgehead atoms. The van der Waals surface area contributed by atoms with Gasteiger partial charge in [-0.1, -0.05) is 0 Å². The quantitative estimate of drug-likeness (QED) is 0.805. The van der Waals surface area contributed by atoms with Crippen LogP contribution in [0.15, 0.2) is 16.6 Å². The van der Waals surface area contributed by atoms with E-state index in [1.807, 2.05) is 0 Å². The lowest BCUT2D eigenvalue weighted by molar-refractivity contribution is -0.140. The fourth-order valence-electron chi connectivity index (χ4n) is 0.978. The second-order valence-corrected chi connectivity index (χ2v) is 3.38. The van der Waals surface area contributed by atoms with Crippen molar-refractivity contribution in [2.24, 2.45) is 0 Å². The van der Waals surface area contributed by atoms with Gasteiger partial charge >= 0.3 is 12.1 Å². The predicted octanol–water partition coefficient (Wildman–Crippen LogP) is 3.31. The average molecular weight is 287 g/mol. The Morgan fingerprint density at radius 2 is 1.87 bits per heavy atom. The van der Waals surface area contributed by atoms with E-state index in [4.69, 9.17) is 5.11 Å². The van der Waals surface area contributed by atoms with Crippen molar-refractivity contribution in [2.75, 3.05) is 0 Å². The minimum atomic E-state index is -4.94.